The van der Waals surface area contributed by atoms with Gasteiger partial charge in [-0.15, -0.1) is 0 Å². The largest absolute Gasteiger partial charge is 0.497 e. The molecule has 2 heterocycles. The summed E-state index contributed by atoms with van der Waals surface area (Å²) in [6, 6.07) is 16.6. The predicted molar refractivity (Wildman–Crippen MR) is 123 cm³/mol. The molecule has 3 amide bonds. The average molecular weight is 462 g/mol. The van der Waals surface area contributed by atoms with Gasteiger partial charge in [0.15, 0.2) is 5.72 Å². The summed E-state index contributed by atoms with van der Waals surface area (Å²) < 4.78 is 30.6. The van der Waals surface area contributed by atoms with Gasteiger partial charge in [-0.25, -0.2) is 9.18 Å². The highest BCUT2D eigenvalue weighted by molar-refractivity contribution is 6.10. The number of anilines is 1. The number of ether oxygens (including phenoxy) is 3. The van der Waals surface area contributed by atoms with Crippen LogP contribution < -0.4 is 19.1 Å². The molecule has 0 spiro atoms. The number of imide groups is 1. The molecule has 7 nitrogen and oxygen atoms in total. The smallest absolute Gasteiger partial charge is 0.335 e. The van der Waals surface area contributed by atoms with E-state index in [9.17, 15) is 14.0 Å². The minimum atomic E-state index is -1.07. The summed E-state index contributed by atoms with van der Waals surface area (Å²) in [4.78, 5) is 30.5. The number of nitrogens with zero attached hydrogens (tertiary/aromatic N) is 2. The molecule has 0 unspecified atom stereocenters. The first-order valence-corrected chi connectivity index (χ1v) is 10.8. The monoisotopic (exact) mass is 462 g/mol. The minimum absolute atomic E-state index is 0.246. The highest BCUT2D eigenvalue weighted by Gasteiger charge is 2.55. The van der Waals surface area contributed by atoms with Crippen molar-refractivity contribution in [2.24, 2.45) is 0 Å². The van der Waals surface area contributed by atoms with Gasteiger partial charge in [0.1, 0.15) is 23.1 Å². The fourth-order valence-electron chi connectivity index (χ4n) is 4.68. The maximum Gasteiger partial charge on any atom is 0.335 e. The Balaban J connectivity index is 1.66. The third-order valence-corrected chi connectivity index (χ3v) is 6.26. The Morgan fingerprint density at radius 3 is 2.32 bits per heavy atom. The molecular formula is C26H23FN2O5. The van der Waals surface area contributed by atoms with Gasteiger partial charge in [0.25, 0.3) is 5.91 Å². The molecule has 2 atom stereocenters. The van der Waals surface area contributed by atoms with E-state index in [1.54, 1.807) is 25.1 Å². The van der Waals surface area contributed by atoms with Gasteiger partial charge in [-0.05, 0) is 49.4 Å². The number of fused-ring (bicyclic) bond motifs is 4. The summed E-state index contributed by atoms with van der Waals surface area (Å²) >= 11 is 0. The Labute approximate surface area is 196 Å². The molecule has 174 valence electrons. The van der Waals surface area contributed by atoms with Crippen molar-refractivity contribution in [2.75, 3.05) is 19.1 Å². The van der Waals surface area contributed by atoms with Crippen molar-refractivity contribution in [2.45, 2.75) is 25.1 Å². The Morgan fingerprint density at radius 1 is 1.03 bits per heavy atom. The van der Waals surface area contributed by atoms with Crippen LogP contribution in [-0.2, 0) is 0 Å². The molecule has 0 N–H and O–H groups in total. The molecule has 5 rings (SSSR count). The highest BCUT2D eigenvalue weighted by atomic mass is 19.1. The number of para-hydroxylation sites is 1. The van der Waals surface area contributed by atoms with Gasteiger partial charge >= 0.3 is 6.03 Å². The first kappa shape index (κ1) is 21.8. The molecule has 2 aliphatic heterocycles. The van der Waals surface area contributed by atoms with Gasteiger partial charge in [-0.1, -0.05) is 18.2 Å². The van der Waals surface area contributed by atoms with E-state index in [0.29, 0.717) is 29.4 Å². The number of carbonyl (C=O) groups excluding carboxylic acids is 2. The number of rotatable bonds is 4. The normalized spacial score (nSPS) is 20.9. The lowest BCUT2D eigenvalue weighted by Gasteiger charge is -2.53. The molecule has 3 aromatic rings. The van der Waals surface area contributed by atoms with Crippen LogP contribution in [0.1, 0.15) is 35.3 Å². The SMILES string of the molecule is COc1cc(OC)cc(C(=O)N2C(=O)N(c3ccc(F)cc3)[C@@]3(C)C[C@H]2c2ccccc2O3)c1. The van der Waals surface area contributed by atoms with Gasteiger partial charge in [-0.2, -0.15) is 0 Å². The van der Waals surface area contributed by atoms with E-state index < -0.39 is 29.5 Å². The van der Waals surface area contributed by atoms with E-state index in [-0.39, 0.29) is 5.56 Å². The van der Waals surface area contributed by atoms with Gasteiger partial charge in [0.2, 0.25) is 0 Å². The zero-order valence-corrected chi connectivity index (χ0v) is 18.9. The molecule has 2 aliphatic rings. The summed E-state index contributed by atoms with van der Waals surface area (Å²) in [7, 11) is 2.98. The van der Waals surface area contributed by atoms with E-state index in [1.807, 2.05) is 24.3 Å². The van der Waals surface area contributed by atoms with Crippen molar-refractivity contribution in [3.8, 4) is 17.2 Å². The summed E-state index contributed by atoms with van der Waals surface area (Å²) in [5.41, 5.74) is 0.343. The van der Waals surface area contributed by atoms with Crippen molar-refractivity contribution in [3.63, 3.8) is 0 Å². The third kappa shape index (κ3) is 3.42. The van der Waals surface area contributed by atoms with Crippen molar-refractivity contribution in [1.82, 2.24) is 4.90 Å². The second kappa shape index (κ2) is 8.06. The first-order chi connectivity index (χ1) is 16.3. The molecule has 34 heavy (non-hydrogen) atoms. The fourth-order valence-corrected chi connectivity index (χ4v) is 4.68. The number of hydrogen-bond acceptors (Lipinski definition) is 5. The van der Waals surface area contributed by atoms with Gasteiger partial charge < -0.3 is 14.2 Å². The average Bonchev–Trinajstić information content (AvgIpc) is 2.84. The molecule has 0 aromatic heterocycles. The second-order valence-corrected chi connectivity index (χ2v) is 8.41. The van der Waals surface area contributed by atoms with Crippen molar-refractivity contribution in [1.29, 1.82) is 0 Å². The highest BCUT2D eigenvalue weighted by Crippen LogP contribution is 2.49. The van der Waals surface area contributed by atoms with Crippen LogP contribution in [0.4, 0.5) is 14.9 Å². The number of amides is 3. The van der Waals surface area contributed by atoms with Crippen LogP contribution >= 0.6 is 0 Å². The fraction of sp³-hybridized carbons (Fsp3) is 0.231. The molecule has 8 heteroatoms. The van der Waals surface area contributed by atoms with Gasteiger partial charge in [0, 0.05) is 29.3 Å². The zero-order chi connectivity index (χ0) is 24.0. The minimum Gasteiger partial charge on any atom is -0.497 e. The molecular weight excluding hydrogens is 439 g/mol. The number of benzene rings is 3. The third-order valence-electron chi connectivity index (χ3n) is 6.26. The lowest BCUT2D eigenvalue weighted by molar-refractivity contribution is 0.00264. The van der Waals surface area contributed by atoms with Crippen LogP contribution in [-0.4, -0.2) is 36.8 Å². The lowest BCUT2D eigenvalue weighted by atomic mass is 9.88. The second-order valence-electron chi connectivity index (χ2n) is 8.41. The first-order valence-electron chi connectivity index (χ1n) is 10.8. The quantitative estimate of drug-likeness (QED) is 0.535. The predicted octanol–water partition coefficient (Wildman–Crippen LogP) is 5.17. The van der Waals surface area contributed by atoms with Crippen molar-refractivity contribution in [3.05, 3.63) is 83.7 Å². The summed E-state index contributed by atoms with van der Waals surface area (Å²) in [6.07, 6.45) is 0.333. The molecule has 2 bridgehead atoms. The summed E-state index contributed by atoms with van der Waals surface area (Å²) in [6.45, 7) is 1.80. The number of carbonyl (C=O) groups is 2. The standard InChI is InChI=1S/C26H23FN2O5/c1-26-15-22(21-6-4-5-7-23(21)34-26)28(25(31)29(26)18-10-8-17(27)9-11-18)24(30)16-12-19(32-2)14-20(13-16)33-3/h4-14,22H,15H2,1-3H3/t22-,26+/m0/s1. The molecule has 0 saturated carbocycles. The lowest BCUT2D eigenvalue weighted by Crippen LogP contribution is -2.67. The van der Waals surface area contributed by atoms with Crippen LogP contribution in [0.25, 0.3) is 0 Å². The topological polar surface area (TPSA) is 68.3 Å². The van der Waals surface area contributed by atoms with Crippen LogP contribution in [0.3, 0.4) is 0 Å². The zero-order valence-electron chi connectivity index (χ0n) is 18.9. The molecule has 0 radical (unpaired) electrons. The van der Waals surface area contributed by atoms with E-state index in [2.05, 4.69) is 0 Å². The van der Waals surface area contributed by atoms with E-state index in [1.165, 1.54) is 48.3 Å². The number of methoxy groups -OCH3 is 2. The molecule has 1 fully saturated rings. The Morgan fingerprint density at radius 2 is 1.68 bits per heavy atom. The number of halogens is 1. The maximum atomic E-state index is 14.0. The van der Waals surface area contributed by atoms with Crippen LogP contribution in [0.2, 0.25) is 0 Å². The Bertz CT molecular complexity index is 1260. The van der Waals surface area contributed by atoms with Gasteiger partial charge in [0.05, 0.1) is 20.3 Å². The van der Waals surface area contributed by atoms with E-state index >= 15 is 0 Å². The van der Waals surface area contributed by atoms with Crippen molar-refractivity contribution < 1.29 is 28.2 Å². The van der Waals surface area contributed by atoms with Crippen molar-refractivity contribution >= 4 is 17.6 Å². The summed E-state index contributed by atoms with van der Waals surface area (Å²) in [5, 5.41) is 0. The molecule has 0 aliphatic carbocycles. The molecule has 3 aromatic carbocycles. The molecule has 1 saturated heterocycles. The number of urea groups is 1. The maximum absolute atomic E-state index is 14.0. The van der Waals surface area contributed by atoms with Crippen LogP contribution in [0.5, 0.6) is 17.2 Å². The van der Waals surface area contributed by atoms with Gasteiger partial charge in [-0.3, -0.25) is 14.6 Å². The summed E-state index contributed by atoms with van der Waals surface area (Å²) in [5.74, 6) is 0.516. The number of hydrogen-bond donors (Lipinski definition) is 0. The van der Waals surface area contributed by atoms with Crippen LogP contribution in [0.15, 0.2) is 66.7 Å². The van der Waals surface area contributed by atoms with Crippen LogP contribution in [0, 0.1) is 5.82 Å². The van der Waals surface area contributed by atoms with E-state index in [4.69, 9.17) is 14.2 Å². The Hall–Kier alpha value is -4.07. The van der Waals surface area contributed by atoms with E-state index in [0.717, 1.165) is 5.56 Å². The Kier molecular flexibility index (Phi) is 5.16.